The van der Waals surface area contributed by atoms with Gasteiger partial charge in [-0.25, -0.2) is 4.79 Å². The molecule has 1 N–H and O–H groups in total. The van der Waals surface area contributed by atoms with E-state index in [1.54, 1.807) is 6.92 Å². The minimum absolute atomic E-state index is 0.000648. The molecule has 0 spiro atoms. The van der Waals surface area contributed by atoms with Crippen molar-refractivity contribution in [1.29, 1.82) is 0 Å². The van der Waals surface area contributed by atoms with E-state index in [0.29, 0.717) is 6.42 Å². The third-order valence-electron chi connectivity index (χ3n) is 3.57. The van der Waals surface area contributed by atoms with Gasteiger partial charge < -0.3 is 9.94 Å². The molecule has 5 nitrogen and oxygen atoms in total. The van der Waals surface area contributed by atoms with Gasteiger partial charge in [0.05, 0.1) is 0 Å². The summed E-state index contributed by atoms with van der Waals surface area (Å²) in [7, 11) is 0. The summed E-state index contributed by atoms with van der Waals surface area (Å²) < 4.78 is 0. The predicted octanol–water partition coefficient (Wildman–Crippen LogP) is 1.53. The Morgan fingerprint density at radius 2 is 2.35 bits per heavy atom. The van der Waals surface area contributed by atoms with Crippen LogP contribution in [0.5, 0.6) is 0 Å². The first-order valence-corrected chi connectivity index (χ1v) is 5.60. The highest BCUT2D eigenvalue weighted by molar-refractivity contribution is 6.36. The number of carbonyl (C=O) groups is 2. The van der Waals surface area contributed by atoms with Gasteiger partial charge in [0.15, 0.2) is 11.5 Å². The van der Waals surface area contributed by atoms with E-state index in [0.717, 1.165) is 12.0 Å². The molecule has 1 unspecified atom stereocenters. The highest BCUT2D eigenvalue weighted by atomic mass is 16.7. The number of ketones is 1. The molecule has 0 fully saturated rings. The van der Waals surface area contributed by atoms with Gasteiger partial charge >= 0.3 is 5.97 Å². The van der Waals surface area contributed by atoms with Crippen LogP contribution in [0.25, 0.3) is 0 Å². The van der Waals surface area contributed by atoms with Crippen molar-refractivity contribution in [2.45, 2.75) is 38.7 Å². The minimum Gasteiger partial charge on any atom is -0.477 e. The van der Waals surface area contributed by atoms with Crippen molar-refractivity contribution < 1.29 is 19.5 Å². The van der Waals surface area contributed by atoms with Gasteiger partial charge in [0.1, 0.15) is 5.60 Å². The lowest BCUT2D eigenvalue weighted by Crippen LogP contribution is -2.38. The summed E-state index contributed by atoms with van der Waals surface area (Å²) in [5.74, 6) is -0.947. The summed E-state index contributed by atoms with van der Waals surface area (Å²) in [6, 6.07) is 0. The highest BCUT2D eigenvalue weighted by Gasteiger charge is 2.45. The second-order valence-electron chi connectivity index (χ2n) is 4.87. The molecular weight excluding hydrogens is 222 g/mol. The molecule has 2 aliphatic rings. The Balaban J connectivity index is 2.10. The average Bonchev–Trinajstić information content (AvgIpc) is 2.66. The molecule has 0 aromatic rings. The monoisotopic (exact) mass is 237 g/mol. The summed E-state index contributed by atoms with van der Waals surface area (Å²) in [5, 5.41) is 12.4. The predicted molar refractivity (Wildman–Crippen MR) is 60.7 cm³/mol. The number of hydrogen-bond donors (Lipinski definition) is 1. The van der Waals surface area contributed by atoms with Crippen LogP contribution in [0.3, 0.4) is 0 Å². The number of hydrogen-bond acceptors (Lipinski definition) is 4. The second kappa shape index (κ2) is 3.98. The summed E-state index contributed by atoms with van der Waals surface area (Å²) >= 11 is 0. The molecule has 0 aromatic carbocycles. The zero-order valence-electron chi connectivity index (χ0n) is 9.90. The van der Waals surface area contributed by atoms with Crippen molar-refractivity contribution in [2.75, 3.05) is 0 Å². The van der Waals surface area contributed by atoms with Crippen molar-refractivity contribution in [1.82, 2.24) is 0 Å². The quantitative estimate of drug-likeness (QED) is 0.790. The maximum atomic E-state index is 11.6. The minimum atomic E-state index is -1.05. The molecule has 2 rings (SSSR count). The van der Waals surface area contributed by atoms with E-state index in [9.17, 15) is 9.59 Å². The third kappa shape index (κ3) is 2.09. The number of carboxylic acid groups (broad SMARTS) is 1. The summed E-state index contributed by atoms with van der Waals surface area (Å²) in [6.07, 6.45) is 3.29. The van der Waals surface area contributed by atoms with E-state index < -0.39 is 11.6 Å². The number of Topliss-reactive ketones (excluding diaryl/α,β-unsaturated/α-hetero) is 1. The van der Waals surface area contributed by atoms with E-state index >= 15 is 0 Å². The van der Waals surface area contributed by atoms with Gasteiger partial charge in [-0.05, 0) is 25.8 Å². The largest absolute Gasteiger partial charge is 0.477 e. The van der Waals surface area contributed by atoms with E-state index in [1.165, 1.54) is 0 Å². The summed E-state index contributed by atoms with van der Waals surface area (Å²) in [5.41, 5.74) is 0.147. The molecule has 0 saturated carbocycles. The molecule has 0 aromatic heterocycles. The van der Waals surface area contributed by atoms with Crippen LogP contribution in [-0.2, 0) is 14.4 Å². The lowest BCUT2D eigenvalue weighted by Gasteiger charge is -2.32. The molecule has 5 heteroatoms. The molecule has 1 aliphatic heterocycles. The third-order valence-corrected chi connectivity index (χ3v) is 3.57. The maximum absolute atomic E-state index is 11.6. The average molecular weight is 237 g/mol. The Kier molecular flexibility index (Phi) is 2.77. The van der Waals surface area contributed by atoms with Crippen LogP contribution in [0, 0.1) is 5.92 Å². The van der Waals surface area contributed by atoms with Crippen LogP contribution in [0.1, 0.15) is 33.1 Å². The zero-order valence-corrected chi connectivity index (χ0v) is 9.90. The van der Waals surface area contributed by atoms with Crippen molar-refractivity contribution in [2.24, 2.45) is 11.1 Å². The molecule has 1 aliphatic carbocycles. The van der Waals surface area contributed by atoms with Gasteiger partial charge in [0.2, 0.25) is 0 Å². The van der Waals surface area contributed by atoms with Crippen LogP contribution in [0.15, 0.2) is 16.8 Å². The van der Waals surface area contributed by atoms with Crippen molar-refractivity contribution in [3.8, 4) is 0 Å². The van der Waals surface area contributed by atoms with Gasteiger partial charge in [-0.2, -0.15) is 0 Å². The first-order valence-electron chi connectivity index (χ1n) is 5.60. The van der Waals surface area contributed by atoms with Crippen LogP contribution in [0.4, 0.5) is 0 Å². The summed E-state index contributed by atoms with van der Waals surface area (Å²) in [6.45, 7) is 3.62. The molecule has 0 bridgehead atoms. The van der Waals surface area contributed by atoms with Crippen LogP contribution in [-0.4, -0.2) is 28.2 Å². The SMILES string of the molecule is CC1=CC[C@@H](C2(C)CC(C(=O)O)=NO2)CC1=O. The van der Waals surface area contributed by atoms with Crippen molar-refractivity contribution >= 4 is 17.5 Å². The normalized spacial score (nSPS) is 32.8. The Bertz CT molecular complexity index is 438. The topological polar surface area (TPSA) is 76.0 Å². The number of aliphatic carboxylic acids is 1. The standard InChI is InChI=1S/C12H15NO4/c1-7-3-4-8(5-10(7)14)12(2)6-9(11(15)16)13-17-12/h3,8H,4-6H2,1-2H3,(H,15,16)/t8-,12?/m1/s1. The number of allylic oxidation sites excluding steroid dienone is 2. The van der Waals surface area contributed by atoms with E-state index in [1.807, 2.05) is 13.0 Å². The molecule has 17 heavy (non-hydrogen) atoms. The Morgan fingerprint density at radius 1 is 1.65 bits per heavy atom. The molecule has 1 heterocycles. The van der Waals surface area contributed by atoms with Gasteiger partial charge in [0.25, 0.3) is 0 Å². The highest BCUT2D eigenvalue weighted by Crippen LogP contribution is 2.38. The fourth-order valence-electron chi connectivity index (χ4n) is 2.26. The van der Waals surface area contributed by atoms with Gasteiger partial charge in [-0.1, -0.05) is 11.2 Å². The van der Waals surface area contributed by atoms with Gasteiger partial charge in [0, 0.05) is 18.8 Å². The molecule has 2 atom stereocenters. The number of carbonyl (C=O) groups excluding carboxylic acids is 1. The number of rotatable bonds is 2. The molecule has 92 valence electrons. The lowest BCUT2D eigenvalue weighted by molar-refractivity contribution is -0.129. The van der Waals surface area contributed by atoms with E-state index in [4.69, 9.17) is 9.94 Å². The molecule has 0 radical (unpaired) electrons. The fraction of sp³-hybridized carbons (Fsp3) is 0.583. The lowest BCUT2D eigenvalue weighted by atomic mass is 9.76. The van der Waals surface area contributed by atoms with Gasteiger partial charge in [-0.3, -0.25) is 4.79 Å². The Morgan fingerprint density at radius 3 is 2.88 bits per heavy atom. The zero-order chi connectivity index (χ0) is 12.6. The first kappa shape index (κ1) is 11.8. The van der Waals surface area contributed by atoms with E-state index in [-0.39, 0.29) is 23.8 Å². The molecule has 0 saturated heterocycles. The first-order chi connectivity index (χ1) is 7.92. The van der Waals surface area contributed by atoms with Gasteiger partial charge in [-0.15, -0.1) is 0 Å². The van der Waals surface area contributed by atoms with Crippen LogP contribution >= 0.6 is 0 Å². The maximum Gasteiger partial charge on any atom is 0.353 e. The second-order valence-corrected chi connectivity index (χ2v) is 4.87. The van der Waals surface area contributed by atoms with Crippen molar-refractivity contribution in [3.63, 3.8) is 0 Å². The Labute approximate surface area is 99.1 Å². The van der Waals surface area contributed by atoms with E-state index in [2.05, 4.69) is 5.16 Å². The number of nitrogens with zero attached hydrogens (tertiary/aromatic N) is 1. The fourth-order valence-corrected chi connectivity index (χ4v) is 2.26. The van der Waals surface area contributed by atoms with Crippen LogP contribution < -0.4 is 0 Å². The molecule has 0 amide bonds. The number of oxime groups is 1. The smallest absolute Gasteiger partial charge is 0.353 e. The van der Waals surface area contributed by atoms with Crippen LogP contribution in [0.2, 0.25) is 0 Å². The molecular formula is C12H15NO4. The summed E-state index contributed by atoms with van der Waals surface area (Å²) in [4.78, 5) is 27.7. The Hall–Kier alpha value is -1.65. The number of carboxylic acids is 1. The van der Waals surface area contributed by atoms with Crippen molar-refractivity contribution in [3.05, 3.63) is 11.6 Å².